The Hall–Kier alpha value is 0. The fraction of sp³-hybridized carbons (Fsp3) is 0.933. The molecule has 0 atom stereocenters. The van der Waals surface area contributed by atoms with Crippen LogP contribution in [0.5, 0.6) is 0 Å². The van der Waals surface area contributed by atoms with E-state index in [-0.39, 0.29) is 24.0 Å². The molecule has 110 valence electrons. The third kappa shape index (κ3) is 3.37. The first-order valence-electron chi connectivity index (χ1n) is 7.68. The Morgan fingerprint density at radius 2 is 1.63 bits per heavy atom. The molecule has 0 aromatic carbocycles. The molecule has 3 N–H and O–H groups in total. The van der Waals surface area contributed by atoms with Crippen LogP contribution in [0.15, 0.2) is 4.99 Å². The summed E-state index contributed by atoms with van der Waals surface area (Å²) in [5.41, 5.74) is 5.92. The molecule has 3 nitrogen and oxygen atoms in total. The second-order valence-electron chi connectivity index (χ2n) is 7.12. The summed E-state index contributed by atoms with van der Waals surface area (Å²) < 4.78 is 0. The first-order chi connectivity index (χ1) is 8.61. The van der Waals surface area contributed by atoms with Gasteiger partial charge in [0.15, 0.2) is 5.96 Å². The van der Waals surface area contributed by atoms with E-state index in [1.54, 1.807) is 0 Å². The monoisotopic (exact) mass is 377 g/mol. The van der Waals surface area contributed by atoms with Gasteiger partial charge < -0.3 is 11.1 Å². The average Bonchev–Trinajstić information content (AvgIpc) is 2.25. The van der Waals surface area contributed by atoms with Gasteiger partial charge in [-0.25, -0.2) is 0 Å². The molecule has 4 bridgehead atoms. The first kappa shape index (κ1) is 15.4. The van der Waals surface area contributed by atoms with Crippen LogP contribution in [0.1, 0.15) is 46.0 Å². The van der Waals surface area contributed by atoms with Crippen LogP contribution >= 0.6 is 24.0 Å². The summed E-state index contributed by atoms with van der Waals surface area (Å²) >= 11 is 0. The topological polar surface area (TPSA) is 50.4 Å². The highest BCUT2D eigenvalue weighted by Gasteiger charge is 2.47. The fourth-order valence-corrected chi connectivity index (χ4v) is 4.88. The van der Waals surface area contributed by atoms with Crippen molar-refractivity contribution in [3.63, 3.8) is 0 Å². The van der Waals surface area contributed by atoms with Gasteiger partial charge >= 0.3 is 0 Å². The lowest BCUT2D eigenvalue weighted by Gasteiger charge is -2.54. The minimum Gasteiger partial charge on any atom is -0.370 e. The summed E-state index contributed by atoms with van der Waals surface area (Å²) in [5, 5.41) is 3.19. The summed E-state index contributed by atoms with van der Waals surface area (Å²) in [6.45, 7) is 5.16. The predicted octanol–water partition coefficient (Wildman–Crippen LogP) is 2.99. The number of hydrogen-bond acceptors (Lipinski definition) is 1. The summed E-state index contributed by atoms with van der Waals surface area (Å²) in [4.78, 5) is 4.59. The maximum Gasteiger partial charge on any atom is 0.188 e. The van der Waals surface area contributed by atoms with Gasteiger partial charge in [-0.15, -0.1) is 24.0 Å². The number of nitrogens with one attached hydrogen (secondary N) is 1. The van der Waals surface area contributed by atoms with Gasteiger partial charge in [-0.1, -0.05) is 0 Å². The molecule has 4 fully saturated rings. The summed E-state index contributed by atoms with van der Waals surface area (Å²) in [5.74, 6) is 5.48. The van der Waals surface area contributed by atoms with E-state index in [4.69, 9.17) is 5.73 Å². The molecule has 4 rings (SSSR count). The average molecular weight is 377 g/mol. The van der Waals surface area contributed by atoms with E-state index in [1.807, 2.05) is 0 Å². The van der Waals surface area contributed by atoms with Crippen molar-refractivity contribution in [1.29, 1.82) is 0 Å². The van der Waals surface area contributed by atoms with Crippen molar-refractivity contribution in [1.82, 2.24) is 5.32 Å². The number of rotatable bonds is 3. The molecule has 4 aliphatic carbocycles. The van der Waals surface area contributed by atoms with Gasteiger partial charge in [0.2, 0.25) is 0 Å². The normalized spacial score (nSPS) is 40.4. The summed E-state index contributed by atoms with van der Waals surface area (Å²) in [6.07, 6.45) is 7.44. The van der Waals surface area contributed by atoms with Crippen molar-refractivity contribution in [3.05, 3.63) is 0 Å². The van der Waals surface area contributed by atoms with Crippen LogP contribution in [-0.4, -0.2) is 18.5 Å². The van der Waals surface area contributed by atoms with E-state index >= 15 is 0 Å². The smallest absolute Gasteiger partial charge is 0.188 e. The van der Waals surface area contributed by atoms with Gasteiger partial charge in [0.1, 0.15) is 0 Å². The molecule has 0 aliphatic heterocycles. The zero-order valence-electron chi connectivity index (χ0n) is 12.1. The van der Waals surface area contributed by atoms with Crippen molar-refractivity contribution < 1.29 is 0 Å². The molecule has 0 aromatic rings. The molecule has 0 saturated heterocycles. The van der Waals surface area contributed by atoms with Crippen LogP contribution < -0.4 is 11.1 Å². The highest BCUT2D eigenvalue weighted by molar-refractivity contribution is 14.0. The van der Waals surface area contributed by atoms with Crippen molar-refractivity contribution in [2.75, 3.05) is 6.54 Å². The Labute approximate surface area is 134 Å². The molecular weight excluding hydrogens is 349 g/mol. The van der Waals surface area contributed by atoms with E-state index in [9.17, 15) is 0 Å². The lowest BCUT2D eigenvalue weighted by atomic mass is 9.52. The third-order valence-corrected chi connectivity index (χ3v) is 5.33. The van der Waals surface area contributed by atoms with Crippen molar-refractivity contribution in [3.8, 4) is 0 Å². The Kier molecular flexibility index (Phi) is 5.01. The Balaban J connectivity index is 0.00000133. The Morgan fingerprint density at radius 3 is 2.11 bits per heavy atom. The molecule has 4 aliphatic rings. The van der Waals surface area contributed by atoms with E-state index < -0.39 is 0 Å². The van der Waals surface area contributed by atoms with Gasteiger partial charge in [0.25, 0.3) is 0 Å². The number of halogens is 1. The van der Waals surface area contributed by atoms with Gasteiger partial charge in [-0.05, 0) is 75.5 Å². The van der Waals surface area contributed by atoms with Crippen LogP contribution in [0.3, 0.4) is 0 Å². The first-order valence-corrected chi connectivity index (χ1v) is 7.68. The van der Waals surface area contributed by atoms with Crippen LogP contribution in [0.4, 0.5) is 0 Å². The second kappa shape index (κ2) is 6.19. The van der Waals surface area contributed by atoms with Gasteiger partial charge in [-0.2, -0.15) is 0 Å². The molecular formula is C15H28IN3. The SMILES string of the molecule is CC(C)NC(N)=NCC1C2CC3CC(C2)CC1C3.I. The van der Waals surface area contributed by atoms with E-state index in [0.717, 1.165) is 36.1 Å². The van der Waals surface area contributed by atoms with Crippen molar-refractivity contribution >= 4 is 29.9 Å². The van der Waals surface area contributed by atoms with Crippen molar-refractivity contribution in [2.24, 2.45) is 40.3 Å². The van der Waals surface area contributed by atoms with E-state index in [1.165, 1.54) is 32.1 Å². The lowest BCUT2D eigenvalue weighted by Crippen LogP contribution is -2.46. The molecule has 0 heterocycles. The fourth-order valence-electron chi connectivity index (χ4n) is 4.88. The molecule has 0 unspecified atom stereocenters. The number of nitrogens with zero attached hydrogens (tertiary/aromatic N) is 1. The molecule has 0 amide bonds. The summed E-state index contributed by atoms with van der Waals surface area (Å²) in [6, 6.07) is 0.382. The number of aliphatic imine (C=N–C) groups is 1. The highest BCUT2D eigenvalue weighted by Crippen LogP contribution is 2.56. The van der Waals surface area contributed by atoms with Crippen LogP contribution in [-0.2, 0) is 0 Å². The molecule has 0 radical (unpaired) electrons. The van der Waals surface area contributed by atoms with Gasteiger partial charge in [0, 0.05) is 12.6 Å². The third-order valence-electron chi connectivity index (χ3n) is 5.33. The minimum absolute atomic E-state index is 0. The highest BCUT2D eigenvalue weighted by atomic mass is 127. The lowest BCUT2D eigenvalue weighted by molar-refractivity contribution is -0.0320. The molecule has 4 heteroatoms. The second-order valence-corrected chi connectivity index (χ2v) is 7.12. The number of nitrogens with two attached hydrogens (primary N) is 1. The van der Waals surface area contributed by atoms with Crippen LogP contribution in [0, 0.1) is 29.6 Å². The quantitative estimate of drug-likeness (QED) is 0.451. The zero-order chi connectivity index (χ0) is 12.7. The van der Waals surface area contributed by atoms with E-state index in [0.29, 0.717) is 12.0 Å². The maximum absolute atomic E-state index is 5.92. The minimum atomic E-state index is 0. The predicted molar refractivity (Wildman–Crippen MR) is 90.7 cm³/mol. The summed E-state index contributed by atoms with van der Waals surface area (Å²) in [7, 11) is 0. The zero-order valence-corrected chi connectivity index (χ0v) is 14.5. The van der Waals surface area contributed by atoms with E-state index in [2.05, 4.69) is 24.2 Å². The maximum atomic E-state index is 5.92. The number of guanidine groups is 1. The van der Waals surface area contributed by atoms with Crippen LogP contribution in [0.2, 0.25) is 0 Å². The molecule has 0 aromatic heterocycles. The number of hydrogen-bond donors (Lipinski definition) is 2. The van der Waals surface area contributed by atoms with Crippen molar-refractivity contribution in [2.45, 2.75) is 52.0 Å². The standard InChI is InChI=1S/C15H27N3.HI/c1-9(2)18-15(16)17-8-14-12-4-10-3-11(6-12)7-13(14)5-10;/h9-14H,3-8H2,1-2H3,(H3,16,17,18);1H. The van der Waals surface area contributed by atoms with Crippen LogP contribution in [0.25, 0.3) is 0 Å². The Bertz CT molecular complexity index is 312. The van der Waals surface area contributed by atoms with Gasteiger partial charge in [-0.3, -0.25) is 4.99 Å². The molecule has 4 saturated carbocycles. The Morgan fingerprint density at radius 1 is 1.11 bits per heavy atom. The molecule has 19 heavy (non-hydrogen) atoms. The largest absolute Gasteiger partial charge is 0.370 e. The molecule has 0 spiro atoms. The van der Waals surface area contributed by atoms with Gasteiger partial charge in [0.05, 0.1) is 0 Å².